The third-order valence-corrected chi connectivity index (χ3v) is 4.84. The van der Waals surface area contributed by atoms with E-state index in [-0.39, 0.29) is 28.8 Å². The molecule has 0 aliphatic heterocycles. The Hall–Kier alpha value is -4.07. The van der Waals surface area contributed by atoms with Crippen LogP contribution in [0.3, 0.4) is 0 Å². The van der Waals surface area contributed by atoms with Gasteiger partial charge in [-0.3, -0.25) is 13.9 Å². The zero-order valence-electron chi connectivity index (χ0n) is 15.8. The molecular weight excluding hydrogens is 389 g/mol. The van der Waals surface area contributed by atoms with Gasteiger partial charge in [0.2, 0.25) is 0 Å². The van der Waals surface area contributed by atoms with Gasteiger partial charge in [0.15, 0.2) is 5.65 Å². The van der Waals surface area contributed by atoms with Crippen LogP contribution in [0.1, 0.15) is 15.9 Å². The molecule has 150 valence electrons. The first-order valence-electron chi connectivity index (χ1n) is 9.02. The summed E-state index contributed by atoms with van der Waals surface area (Å²) in [4.78, 5) is 41.8. The Labute approximate surface area is 169 Å². The molecule has 0 N–H and O–H groups in total. The van der Waals surface area contributed by atoms with Crippen LogP contribution in [-0.4, -0.2) is 20.1 Å². The van der Waals surface area contributed by atoms with Gasteiger partial charge in [0.1, 0.15) is 5.82 Å². The topological polar surface area (TPSA) is 97.0 Å². The molecule has 8 heteroatoms. The highest BCUT2D eigenvalue weighted by Crippen LogP contribution is 2.23. The molecule has 0 amide bonds. The van der Waals surface area contributed by atoms with Crippen LogP contribution < -0.4 is 16.4 Å². The van der Waals surface area contributed by atoms with E-state index in [0.717, 1.165) is 10.1 Å². The highest BCUT2D eigenvalue weighted by atomic mass is 19.1. The molecular formula is C22H15FN3O4-. The number of carboxylic acid groups (broad SMARTS) is 1. The number of hydrogen-bond acceptors (Lipinski definition) is 5. The number of nitrogens with zero attached hydrogens (tertiary/aromatic N) is 3. The minimum absolute atomic E-state index is 0.0759. The normalized spacial score (nSPS) is 11.0. The first-order chi connectivity index (χ1) is 14.4. The molecule has 7 nitrogen and oxygen atoms in total. The maximum Gasteiger partial charge on any atom is 0.332 e. The standard InChI is InChI=1S/C22H16FN3O4/c1-25-20(27)18-16(21(28)29)11-17(14-7-9-15(23)10-8-14)24-19(18)26(22(25)30)12-13-5-3-2-4-6-13/h2-11H,12H2,1H3,(H,28,29)/p-1. The SMILES string of the molecule is Cn1c(=O)c2c(C(=O)[O-])cc(-c3ccc(F)cc3)nc2n(Cc2ccccc2)c1=O. The summed E-state index contributed by atoms with van der Waals surface area (Å²) >= 11 is 0. The van der Waals surface area contributed by atoms with Crippen LogP contribution in [0.15, 0.2) is 70.3 Å². The van der Waals surface area contributed by atoms with E-state index >= 15 is 0 Å². The van der Waals surface area contributed by atoms with Crippen LogP contribution in [-0.2, 0) is 13.6 Å². The molecule has 2 aromatic carbocycles. The predicted octanol–water partition coefficient (Wildman–Crippen LogP) is 1.31. The van der Waals surface area contributed by atoms with E-state index in [2.05, 4.69) is 4.98 Å². The number of halogens is 1. The lowest BCUT2D eigenvalue weighted by molar-refractivity contribution is -0.254. The Morgan fingerprint density at radius 2 is 1.73 bits per heavy atom. The molecule has 2 aromatic heterocycles. The van der Waals surface area contributed by atoms with E-state index in [9.17, 15) is 23.9 Å². The maximum atomic E-state index is 13.3. The minimum atomic E-state index is -1.58. The van der Waals surface area contributed by atoms with Gasteiger partial charge in [0.05, 0.1) is 23.6 Å². The summed E-state index contributed by atoms with van der Waals surface area (Å²) < 4.78 is 15.4. The van der Waals surface area contributed by atoms with Crippen molar-refractivity contribution in [2.45, 2.75) is 6.54 Å². The molecule has 2 heterocycles. The van der Waals surface area contributed by atoms with Gasteiger partial charge in [-0.1, -0.05) is 30.3 Å². The number of aromatic nitrogens is 3. The molecule has 0 unspecified atom stereocenters. The van der Waals surface area contributed by atoms with Gasteiger partial charge in [-0.25, -0.2) is 14.2 Å². The Morgan fingerprint density at radius 3 is 2.37 bits per heavy atom. The minimum Gasteiger partial charge on any atom is -0.545 e. The maximum absolute atomic E-state index is 13.3. The van der Waals surface area contributed by atoms with Crippen molar-refractivity contribution in [2.75, 3.05) is 0 Å². The lowest BCUT2D eigenvalue weighted by atomic mass is 10.1. The lowest BCUT2D eigenvalue weighted by Crippen LogP contribution is -2.40. The smallest absolute Gasteiger partial charge is 0.332 e. The van der Waals surface area contributed by atoms with Crippen molar-refractivity contribution in [1.82, 2.24) is 14.1 Å². The van der Waals surface area contributed by atoms with Crippen molar-refractivity contribution in [3.8, 4) is 11.3 Å². The van der Waals surface area contributed by atoms with Crippen LogP contribution >= 0.6 is 0 Å². The van der Waals surface area contributed by atoms with E-state index in [1.165, 1.54) is 41.9 Å². The van der Waals surface area contributed by atoms with Crippen molar-refractivity contribution in [3.05, 3.63) is 98.4 Å². The summed E-state index contributed by atoms with van der Waals surface area (Å²) in [5.74, 6) is -2.04. The molecule has 0 aliphatic carbocycles. The Morgan fingerprint density at radius 1 is 1.07 bits per heavy atom. The number of pyridine rings is 1. The number of aromatic carboxylic acids is 1. The monoisotopic (exact) mass is 404 g/mol. The summed E-state index contributed by atoms with van der Waals surface area (Å²) in [6.45, 7) is 0.0800. The van der Waals surface area contributed by atoms with Crippen molar-refractivity contribution in [3.63, 3.8) is 0 Å². The number of carboxylic acids is 1. The fraction of sp³-hybridized carbons (Fsp3) is 0.0909. The van der Waals surface area contributed by atoms with Crippen LogP contribution in [0.5, 0.6) is 0 Å². The summed E-state index contributed by atoms with van der Waals surface area (Å²) in [5.41, 5.74) is -0.504. The summed E-state index contributed by atoms with van der Waals surface area (Å²) in [7, 11) is 1.28. The lowest BCUT2D eigenvalue weighted by Gasteiger charge is -2.16. The molecule has 30 heavy (non-hydrogen) atoms. The summed E-state index contributed by atoms with van der Waals surface area (Å²) in [6, 6.07) is 15.5. The van der Waals surface area contributed by atoms with Crippen molar-refractivity contribution >= 4 is 17.0 Å². The third-order valence-electron chi connectivity index (χ3n) is 4.84. The molecule has 0 saturated heterocycles. The average molecular weight is 404 g/mol. The predicted molar refractivity (Wildman–Crippen MR) is 107 cm³/mol. The van der Waals surface area contributed by atoms with E-state index in [4.69, 9.17) is 0 Å². The van der Waals surface area contributed by atoms with Crippen LogP contribution in [0, 0.1) is 5.82 Å². The van der Waals surface area contributed by atoms with E-state index in [0.29, 0.717) is 5.56 Å². The molecule has 4 aromatic rings. The Balaban J connectivity index is 2.09. The molecule has 0 spiro atoms. The second-order valence-corrected chi connectivity index (χ2v) is 6.77. The fourth-order valence-electron chi connectivity index (χ4n) is 3.30. The molecule has 4 rings (SSSR count). The van der Waals surface area contributed by atoms with E-state index in [1.54, 1.807) is 24.3 Å². The molecule has 0 radical (unpaired) electrons. The van der Waals surface area contributed by atoms with Crippen molar-refractivity contribution in [1.29, 1.82) is 0 Å². The van der Waals surface area contributed by atoms with Crippen LogP contribution in [0.25, 0.3) is 22.3 Å². The van der Waals surface area contributed by atoms with Gasteiger partial charge >= 0.3 is 5.69 Å². The quantitative estimate of drug-likeness (QED) is 0.511. The van der Waals surface area contributed by atoms with Gasteiger partial charge in [0, 0.05) is 18.2 Å². The summed E-state index contributed by atoms with van der Waals surface area (Å²) in [5, 5.41) is 11.6. The van der Waals surface area contributed by atoms with Gasteiger partial charge < -0.3 is 9.90 Å². The van der Waals surface area contributed by atoms with E-state index < -0.39 is 23.0 Å². The zero-order valence-corrected chi connectivity index (χ0v) is 15.8. The Bertz CT molecular complexity index is 1390. The van der Waals surface area contributed by atoms with Gasteiger partial charge in [-0.05, 0) is 35.9 Å². The average Bonchev–Trinajstić information content (AvgIpc) is 2.75. The van der Waals surface area contributed by atoms with Crippen molar-refractivity contribution in [2.24, 2.45) is 7.05 Å². The molecule has 0 fully saturated rings. The second-order valence-electron chi connectivity index (χ2n) is 6.77. The molecule has 0 atom stereocenters. The van der Waals surface area contributed by atoms with Crippen molar-refractivity contribution < 1.29 is 14.3 Å². The third kappa shape index (κ3) is 3.28. The highest BCUT2D eigenvalue weighted by molar-refractivity contribution is 6.01. The first kappa shape index (κ1) is 19.3. The van der Waals surface area contributed by atoms with Gasteiger partial charge in [-0.2, -0.15) is 0 Å². The molecule has 0 saturated carbocycles. The number of fused-ring (bicyclic) bond motifs is 1. The second kappa shape index (κ2) is 7.40. The fourth-order valence-corrected chi connectivity index (χ4v) is 3.30. The van der Waals surface area contributed by atoms with E-state index in [1.807, 2.05) is 6.07 Å². The number of benzene rings is 2. The van der Waals surface area contributed by atoms with Gasteiger partial charge in [0.25, 0.3) is 5.56 Å². The largest absolute Gasteiger partial charge is 0.545 e. The molecule has 0 aliphatic rings. The molecule has 0 bridgehead atoms. The number of rotatable bonds is 4. The zero-order chi connectivity index (χ0) is 21.4. The number of carbonyl (C=O) groups is 1. The Kier molecular flexibility index (Phi) is 4.75. The number of hydrogen-bond donors (Lipinski definition) is 0. The van der Waals surface area contributed by atoms with Crippen LogP contribution in [0.4, 0.5) is 4.39 Å². The summed E-state index contributed by atoms with van der Waals surface area (Å²) in [6.07, 6.45) is 0. The number of carbonyl (C=O) groups excluding carboxylic acids is 1. The highest BCUT2D eigenvalue weighted by Gasteiger charge is 2.18. The van der Waals surface area contributed by atoms with Crippen LogP contribution in [0.2, 0.25) is 0 Å². The van der Waals surface area contributed by atoms with Gasteiger partial charge in [-0.15, -0.1) is 0 Å². The first-order valence-corrected chi connectivity index (χ1v) is 9.02.